The van der Waals surface area contributed by atoms with Crippen LogP contribution in [0.4, 0.5) is 11.4 Å². The predicted octanol–water partition coefficient (Wildman–Crippen LogP) is 4.82. The van der Waals surface area contributed by atoms with Gasteiger partial charge in [0.2, 0.25) is 0 Å². The molecule has 0 aliphatic rings. The van der Waals surface area contributed by atoms with E-state index < -0.39 is 0 Å². The van der Waals surface area contributed by atoms with Gasteiger partial charge in [0.15, 0.2) is 0 Å². The number of hydrogen-bond donors (Lipinski definition) is 2. The second-order valence-corrected chi connectivity index (χ2v) is 6.52. The van der Waals surface area contributed by atoms with Crippen LogP contribution < -0.4 is 15.4 Å². The summed E-state index contributed by atoms with van der Waals surface area (Å²) in [5.41, 5.74) is 4.46. The van der Waals surface area contributed by atoms with E-state index in [-0.39, 0.29) is 11.8 Å². The van der Waals surface area contributed by atoms with Crippen LogP contribution in [-0.2, 0) is 0 Å². The standard InChI is InChI=1S/C23H22N2O3/c1-15-7-8-20(13-16(15)2)25-23(27)18-6-4-5-17(14-18)22(26)24-19-9-11-21(28-3)12-10-19/h4-14H,1-3H3,(H,24,26)(H,25,27). The van der Waals surface area contributed by atoms with E-state index in [2.05, 4.69) is 10.6 Å². The highest BCUT2D eigenvalue weighted by Gasteiger charge is 2.11. The van der Waals surface area contributed by atoms with Crippen molar-refractivity contribution in [3.63, 3.8) is 0 Å². The van der Waals surface area contributed by atoms with Gasteiger partial charge in [0.05, 0.1) is 7.11 Å². The molecule has 0 fully saturated rings. The number of benzene rings is 3. The minimum Gasteiger partial charge on any atom is -0.497 e. The summed E-state index contributed by atoms with van der Waals surface area (Å²) in [5, 5.41) is 5.68. The minimum absolute atomic E-state index is 0.262. The molecule has 28 heavy (non-hydrogen) atoms. The predicted molar refractivity (Wildman–Crippen MR) is 111 cm³/mol. The number of nitrogens with one attached hydrogen (secondary N) is 2. The van der Waals surface area contributed by atoms with Crippen LogP contribution in [0.2, 0.25) is 0 Å². The molecule has 0 spiro atoms. The third-order valence-corrected chi connectivity index (χ3v) is 4.50. The van der Waals surface area contributed by atoms with E-state index in [0.29, 0.717) is 22.6 Å². The van der Waals surface area contributed by atoms with Gasteiger partial charge in [-0.05, 0) is 79.6 Å². The Morgan fingerprint density at radius 3 is 1.86 bits per heavy atom. The number of ether oxygens (including phenoxy) is 1. The Labute approximate surface area is 164 Å². The van der Waals surface area contributed by atoms with Crippen molar-refractivity contribution in [2.75, 3.05) is 17.7 Å². The smallest absolute Gasteiger partial charge is 0.255 e. The molecule has 0 bridgehead atoms. The van der Waals surface area contributed by atoms with Gasteiger partial charge in [-0.25, -0.2) is 0 Å². The fraction of sp³-hybridized carbons (Fsp3) is 0.130. The maximum atomic E-state index is 12.6. The first-order chi connectivity index (χ1) is 13.5. The molecule has 0 radical (unpaired) electrons. The molecule has 0 aliphatic carbocycles. The molecule has 0 aromatic heterocycles. The lowest BCUT2D eigenvalue weighted by molar-refractivity contribution is 0.102. The van der Waals surface area contributed by atoms with Crippen molar-refractivity contribution < 1.29 is 14.3 Å². The number of amides is 2. The maximum Gasteiger partial charge on any atom is 0.255 e. The average molecular weight is 374 g/mol. The van der Waals surface area contributed by atoms with Crippen molar-refractivity contribution in [1.29, 1.82) is 0 Å². The molecular formula is C23H22N2O3. The molecule has 0 unspecified atom stereocenters. The van der Waals surface area contributed by atoms with Crippen LogP contribution in [0.5, 0.6) is 5.75 Å². The highest BCUT2D eigenvalue weighted by Crippen LogP contribution is 2.18. The summed E-state index contributed by atoms with van der Waals surface area (Å²) in [4.78, 5) is 25.1. The monoisotopic (exact) mass is 374 g/mol. The topological polar surface area (TPSA) is 67.4 Å². The first kappa shape index (κ1) is 19.2. The van der Waals surface area contributed by atoms with Crippen molar-refractivity contribution in [2.45, 2.75) is 13.8 Å². The molecule has 2 amide bonds. The molecule has 3 aromatic carbocycles. The third kappa shape index (κ3) is 4.57. The van der Waals surface area contributed by atoms with Crippen LogP contribution in [0.25, 0.3) is 0 Å². The Morgan fingerprint density at radius 2 is 1.29 bits per heavy atom. The highest BCUT2D eigenvalue weighted by atomic mass is 16.5. The van der Waals surface area contributed by atoms with E-state index in [1.54, 1.807) is 55.6 Å². The van der Waals surface area contributed by atoms with Gasteiger partial charge in [-0.1, -0.05) is 12.1 Å². The fourth-order valence-corrected chi connectivity index (χ4v) is 2.70. The van der Waals surface area contributed by atoms with Crippen molar-refractivity contribution >= 4 is 23.2 Å². The quantitative estimate of drug-likeness (QED) is 0.673. The van der Waals surface area contributed by atoms with Gasteiger partial charge in [-0.3, -0.25) is 9.59 Å². The molecular weight excluding hydrogens is 352 g/mol. The van der Waals surface area contributed by atoms with Gasteiger partial charge in [-0.2, -0.15) is 0 Å². The van der Waals surface area contributed by atoms with Crippen LogP contribution in [-0.4, -0.2) is 18.9 Å². The SMILES string of the molecule is COc1ccc(NC(=O)c2cccc(C(=O)Nc3ccc(C)c(C)c3)c2)cc1. The molecule has 0 atom stereocenters. The van der Waals surface area contributed by atoms with Crippen molar-refractivity contribution in [2.24, 2.45) is 0 Å². The molecule has 0 aliphatic heterocycles. The number of anilines is 2. The molecule has 0 heterocycles. The molecule has 0 saturated carbocycles. The van der Waals surface area contributed by atoms with Gasteiger partial charge in [0.25, 0.3) is 11.8 Å². The first-order valence-corrected chi connectivity index (χ1v) is 8.90. The van der Waals surface area contributed by atoms with Crippen molar-refractivity contribution in [3.8, 4) is 5.75 Å². The summed E-state index contributed by atoms with van der Waals surface area (Å²) >= 11 is 0. The van der Waals surface area contributed by atoms with Gasteiger partial charge in [-0.15, -0.1) is 0 Å². The minimum atomic E-state index is -0.286. The van der Waals surface area contributed by atoms with Crippen LogP contribution in [0.3, 0.4) is 0 Å². The Bertz CT molecular complexity index is 1010. The van der Waals surface area contributed by atoms with E-state index in [1.807, 2.05) is 32.0 Å². The number of rotatable bonds is 5. The number of aryl methyl sites for hydroxylation is 2. The lowest BCUT2D eigenvalue weighted by Gasteiger charge is -2.10. The number of hydrogen-bond acceptors (Lipinski definition) is 3. The molecule has 3 rings (SSSR count). The van der Waals surface area contributed by atoms with Crippen LogP contribution in [0.1, 0.15) is 31.8 Å². The van der Waals surface area contributed by atoms with Crippen LogP contribution >= 0.6 is 0 Å². The van der Waals surface area contributed by atoms with E-state index in [9.17, 15) is 9.59 Å². The summed E-state index contributed by atoms with van der Waals surface area (Å²) in [6, 6.07) is 19.4. The second kappa shape index (κ2) is 8.39. The van der Waals surface area contributed by atoms with Crippen molar-refractivity contribution in [3.05, 3.63) is 89.0 Å². The average Bonchev–Trinajstić information content (AvgIpc) is 2.71. The Balaban J connectivity index is 1.72. The molecule has 5 heteroatoms. The highest BCUT2D eigenvalue weighted by molar-refractivity contribution is 6.08. The van der Waals surface area contributed by atoms with Gasteiger partial charge in [0.1, 0.15) is 5.75 Å². The van der Waals surface area contributed by atoms with E-state index >= 15 is 0 Å². The summed E-state index contributed by atoms with van der Waals surface area (Å²) < 4.78 is 5.11. The number of carbonyl (C=O) groups is 2. The maximum absolute atomic E-state index is 12.6. The molecule has 142 valence electrons. The molecule has 3 aromatic rings. The van der Waals surface area contributed by atoms with Crippen molar-refractivity contribution in [1.82, 2.24) is 0 Å². The zero-order valence-corrected chi connectivity index (χ0v) is 16.1. The van der Waals surface area contributed by atoms with Gasteiger partial charge in [0, 0.05) is 22.5 Å². The number of methoxy groups -OCH3 is 1. The lowest BCUT2D eigenvalue weighted by atomic mass is 10.1. The molecule has 2 N–H and O–H groups in total. The van der Waals surface area contributed by atoms with E-state index in [1.165, 1.54) is 0 Å². The largest absolute Gasteiger partial charge is 0.497 e. The van der Waals surface area contributed by atoms with E-state index in [4.69, 9.17) is 4.74 Å². The normalized spacial score (nSPS) is 10.2. The first-order valence-electron chi connectivity index (χ1n) is 8.90. The summed E-state index contributed by atoms with van der Waals surface area (Å²) in [6.45, 7) is 4.01. The Hall–Kier alpha value is -3.60. The molecule has 5 nitrogen and oxygen atoms in total. The second-order valence-electron chi connectivity index (χ2n) is 6.52. The fourth-order valence-electron chi connectivity index (χ4n) is 2.70. The van der Waals surface area contributed by atoms with Crippen LogP contribution in [0.15, 0.2) is 66.7 Å². The Kier molecular flexibility index (Phi) is 5.75. The summed E-state index contributed by atoms with van der Waals surface area (Å²) in [6.07, 6.45) is 0. The summed E-state index contributed by atoms with van der Waals surface area (Å²) in [5.74, 6) is 0.163. The van der Waals surface area contributed by atoms with E-state index in [0.717, 1.165) is 16.8 Å². The third-order valence-electron chi connectivity index (χ3n) is 4.50. The summed E-state index contributed by atoms with van der Waals surface area (Å²) in [7, 11) is 1.59. The number of carbonyl (C=O) groups excluding carboxylic acids is 2. The van der Waals surface area contributed by atoms with Crippen LogP contribution in [0, 0.1) is 13.8 Å². The van der Waals surface area contributed by atoms with Gasteiger partial charge < -0.3 is 15.4 Å². The Morgan fingerprint density at radius 1 is 0.714 bits per heavy atom. The molecule has 0 saturated heterocycles. The zero-order valence-electron chi connectivity index (χ0n) is 16.1. The lowest BCUT2D eigenvalue weighted by Crippen LogP contribution is -2.15. The zero-order chi connectivity index (χ0) is 20.1. The van der Waals surface area contributed by atoms with Gasteiger partial charge >= 0.3 is 0 Å².